The van der Waals surface area contributed by atoms with Crippen LogP contribution in [0, 0.1) is 0 Å². The molecule has 0 spiro atoms. The summed E-state index contributed by atoms with van der Waals surface area (Å²) in [7, 11) is 0. The van der Waals surface area contributed by atoms with Gasteiger partial charge in [0.15, 0.2) is 11.6 Å². The van der Waals surface area contributed by atoms with E-state index in [0.717, 1.165) is 0 Å². The molecule has 102 valence electrons. The minimum absolute atomic E-state index is 0.144. The van der Waals surface area contributed by atoms with Crippen LogP contribution in [0.2, 0.25) is 0 Å². The van der Waals surface area contributed by atoms with Crippen molar-refractivity contribution in [3.8, 4) is 0 Å². The predicted octanol–water partition coefficient (Wildman–Crippen LogP) is 1.35. The van der Waals surface area contributed by atoms with E-state index < -0.39 is 11.6 Å². The van der Waals surface area contributed by atoms with Gasteiger partial charge in [-0.15, -0.1) is 0 Å². The Balaban J connectivity index is 1.75. The number of hydrogen-bond acceptors (Lipinski definition) is 6. The Labute approximate surface area is 107 Å². The van der Waals surface area contributed by atoms with Crippen molar-refractivity contribution >= 4 is 12.4 Å². The van der Waals surface area contributed by atoms with Crippen molar-refractivity contribution in [2.24, 2.45) is 10.2 Å². The number of nitrogens with zero attached hydrogens (tertiary/aromatic N) is 2. The van der Waals surface area contributed by atoms with Crippen LogP contribution in [0.3, 0.4) is 0 Å². The molecule has 6 nitrogen and oxygen atoms in total. The Kier molecular flexibility index (Phi) is 3.82. The van der Waals surface area contributed by atoms with Crippen molar-refractivity contribution in [1.82, 2.24) is 0 Å². The molecule has 0 aliphatic carbocycles. The van der Waals surface area contributed by atoms with Crippen molar-refractivity contribution in [2.45, 2.75) is 51.5 Å². The Hall–Kier alpha value is -0.820. The summed E-state index contributed by atoms with van der Waals surface area (Å²) in [6, 6.07) is 0. The molecule has 0 N–H and O–H groups in total. The van der Waals surface area contributed by atoms with Crippen molar-refractivity contribution in [3.05, 3.63) is 0 Å². The van der Waals surface area contributed by atoms with Gasteiger partial charge in [0.05, 0.1) is 25.6 Å². The lowest BCUT2D eigenvalue weighted by Gasteiger charge is -2.15. The van der Waals surface area contributed by atoms with E-state index in [4.69, 9.17) is 18.9 Å². The lowest BCUT2D eigenvalue weighted by atomic mass is 10.4. The molecule has 0 amide bonds. The van der Waals surface area contributed by atoms with Crippen LogP contribution in [0.5, 0.6) is 0 Å². The molecular formula is C12H20N2O4. The van der Waals surface area contributed by atoms with Gasteiger partial charge in [0.1, 0.15) is 12.2 Å². The molecule has 0 saturated carbocycles. The molecule has 0 unspecified atom stereocenters. The highest BCUT2D eigenvalue weighted by Crippen LogP contribution is 2.22. The summed E-state index contributed by atoms with van der Waals surface area (Å²) >= 11 is 0. The minimum Gasteiger partial charge on any atom is -0.347 e. The Morgan fingerprint density at radius 3 is 1.50 bits per heavy atom. The Bertz CT molecular complexity index is 318. The number of ether oxygens (including phenoxy) is 4. The second-order valence-electron chi connectivity index (χ2n) is 5.26. The summed E-state index contributed by atoms with van der Waals surface area (Å²) in [4.78, 5) is 0. The molecule has 2 aliphatic heterocycles. The summed E-state index contributed by atoms with van der Waals surface area (Å²) in [6.07, 6.45) is 2.97. The zero-order chi connectivity index (χ0) is 13.2. The van der Waals surface area contributed by atoms with E-state index in [1.165, 1.54) is 0 Å². The first-order valence-electron chi connectivity index (χ1n) is 6.06. The van der Waals surface area contributed by atoms with Crippen LogP contribution < -0.4 is 0 Å². The molecule has 2 atom stereocenters. The van der Waals surface area contributed by atoms with Crippen LogP contribution in [-0.4, -0.2) is 49.4 Å². The van der Waals surface area contributed by atoms with Crippen molar-refractivity contribution in [1.29, 1.82) is 0 Å². The van der Waals surface area contributed by atoms with Gasteiger partial charge in [0.2, 0.25) is 0 Å². The molecule has 0 radical (unpaired) electrons. The molecule has 0 aromatic rings. The van der Waals surface area contributed by atoms with Gasteiger partial charge in [-0.1, -0.05) is 0 Å². The molecule has 0 aromatic heterocycles. The van der Waals surface area contributed by atoms with E-state index in [0.29, 0.717) is 13.2 Å². The second kappa shape index (κ2) is 5.05. The van der Waals surface area contributed by atoms with Crippen molar-refractivity contribution < 1.29 is 18.9 Å². The van der Waals surface area contributed by atoms with Crippen LogP contribution in [0.25, 0.3) is 0 Å². The molecule has 18 heavy (non-hydrogen) atoms. The Morgan fingerprint density at radius 2 is 1.22 bits per heavy atom. The van der Waals surface area contributed by atoms with Gasteiger partial charge in [0, 0.05) is 0 Å². The molecule has 2 aliphatic rings. The lowest BCUT2D eigenvalue weighted by Crippen LogP contribution is -2.22. The maximum atomic E-state index is 5.55. The van der Waals surface area contributed by atoms with E-state index >= 15 is 0 Å². The molecule has 2 saturated heterocycles. The number of rotatable bonds is 3. The predicted molar refractivity (Wildman–Crippen MR) is 66.8 cm³/mol. The molecule has 6 heteroatoms. The third kappa shape index (κ3) is 3.84. The van der Waals surface area contributed by atoms with Gasteiger partial charge in [-0.2, -0.15) is 10.2 Å². The lowest BCUT2D eigenvalue weighted by molar-refractivity contribution is -0.131. The number of hydrogen-bond donors (Lipinski definition) is 0. The van der Waals surface area contributed by atoms with Crippen molar-refractivity contribution in [3.63, 3.8) is 0 Å². The zero-order valence-corrected chi connectivity index (χ0v) is 11.3. The fourth-order valence-corrected chi connectivity index (χ4v) is 1.80. The van der Waals surface area contributed by atoms with Crippen LogP contribution in [0.4, 0.5) is 0 Å². The topological polar surface area (TPSA) is 61.6 Å². The molecule has 2 fully saturated rings. The summed E-state index contributed by atoms with van der Waals surface area (Å²) in [5, 5.41) is 7.87. The van der Waals surface area contributed by atoms with Gasteiger partial charge < -0.3 is 18.9 Å². The van der Waals surface area contributed by atoms with Crippen molar-refractivity contribution in [2.75, 3.05) is 13.2 Å². The smallest absolute Gasteiger partial charge is 0.163 e. The summed E-state index contributed by atoms with van der Waals surface area (Å²) in [5.74, 6) is -1.07. The van der Waals surface area contributed by atoms with Crippen LogP contribution in [0.15, 0.2) is 10.2 Å². The highest BCUT2D eigenvalue weighted by atomic mass is 16.7. The van der Waals surface area contributed by atoms with E-state index in [1.807, 2.05) is 27.7 Å². The molecular weight excluding hydrogens is 236 g/mol. The van der Waals surface area contributed by atoms with E-state index in [-0.39, 0.29) is 12.2 Å². The van der Waals surface area contributed by atoms with E-state index in [9.17, 15) is 0 Å². The van der Waals surface area contributed by atoms with Gasteiger partial charge >= 0.3 is 0 Å². The van der Waals surface area contributed by atoms with Gasteiger partial charge in [-0.25, -0.2) is 0 Å². The first-order chi connectivity index (χ1) is 8.36. The average Bonchev–Trinajstić information content (AvgIpc) is 2.76. The largest absolute Gasteiger partial charge is 0.347 e. The quantitative estimate of drug-likeness (QED) is 0.565. The monoisotopic (exact) mass is 256 g/mol. The second-order valence-corrected chi connectivity index (χ2v) is 5.26. The fraction of sp³-hybridized carbons (Fsp3) is 0.833. The van der Waals surface area contributed by atoms with Gasteiger partial charge in [-0.3, -0.25) is 0 Å². The normalized spacial score (nSPS) is 34.9. The SMILES string of the molecule is CC1(C)OC[C@H](/C=N/N=C/[C@H]2COC(C)(C)O2)O1. The fourth-order valence-electron chi connectivity index (χ4n) is 1.80. The molecule has 2 rings (SSSR count). The zero-order valence-electron chi connectivity index (χ0n) is 11.3. The summed E-state index contributed by atoms with van der Waals surface area (Å²) in [6.45, 7) is 8.49. The summed E-state index contributed by atoms with van der Waals surface area (Å²) < 4.78 is 21.9. The molecule has 0 aromatic carbocycles. The van der Waals surface area contributed by atoms with Crippen LogP contribution in [0.1, 0.15) is 27.7 Å². The van der Waals surface area contributed by atoms with Crippen LogP contribution in [-0.2, 0) is 18.9 Å². The summed E-state index contributed by atoms with van der Waals surface area (Å²) in [5.41, 5.74) is 0. The molecule has 0 bridgehead atoms. The van der Waals surface area contributed by atoms with E-state index in [1.54, 1.807) is 12.4 Å². The Morgan fingerprint density at radius 1 is 0.833 bits per heavy atom. The first kappa shape index (κ1) is 13.6. The maximum absolute atomic E-state index is 5.55. The highest BCUT2D eigenvalue weighted by Gasteiger charge is 2.32. The van der Waals surface area contributed by atoms with Crippen LogP contribution >= 0.6 is 0 Å². The molecule has 2 heterocycles. The third-order valence-electron chi connectivity index (χ3n) is 2.59. The first-order valence-corrected chi connectivity index (χ1v) is 6.06. The maximum Gasteiger partial charge on any atom is 0.163 e. The highest BCUT2D eigenvalue weighted by molar-refractivity contribution is 5.67. The standard InChI is InChI=1S/C12H20N2O4/c1-11(2)15-7-9(17-11)5-13-14-6-10-8-16-12(3,4)18-10/h5-6,9-10H,7-8H2,1-4H3/b13-5+,14-6+/t9-,10-/m0/s1. The third-order valence-corrected chi connectivity index (χ3v) is 2.59. The minimum atomic E-state index is -0.535. The van der Waals surface area contributed by atoms with Gasteiger partial charge in [-0.05, 0) is 27.7 Å². The average molecular weight is 256 g/mol. The van der Waals surface area contributed by atoms with E-state index in [2.05, 4.69) is 10.2 Å². The van der Waals surface area contributed by atoms with Gasteiger partial charge in [0.25, 0.3) is 0 Å².